The molecule has 0 atom stereocenters. The number of pyridine rings is 2. The lowest BCUT2D eigenvalue weighted by Crippen LogP contribution is -1.91. The molecular weight excluding hydrogens is 218 g/mol. The highest BCUT2D eigenvalue weighted by Gasteiger charge is 1.94. The molecule has 17 heavy (non-hydrogen) atoms. The van der Waals surface area contributed by atoms with Gasteiger partial charge in [0.25, 0.3) is 0 Å². The van der Waals surface area contributed by atoms with Crippen molar-refractivity contribution >= 4 is 0 Å². The van der Waals surface area contributed by atoms with E-state index in [1.165, 1.54) is 18.5 Å². The van der Waals surface area contributed by atoms with E-state index >= 15 is 0 Å². The summed E-state index contributed by atoms with van der Waals surface area (Å²) >= 11 is 0. The predicted molar refractivity (Wildman–Crippen MR) is 61.1 cm³/mol. The first-order valence-electron chi connectivity index (χ1n) is 5.79. The molecule has 0 radical (unpaired) electrons. The first-order valence-corrected chi connectivity index (χ1v) is 4.79. The molecule has 0 fully saturated rings. The monoisotopic (exact) mass is 229 g/mol. The van der Waals surface area contributed by atoms with Gasteiger partial charge >= 0.3 is 0 Å². The molecule has 2 aromatic rings. The number of alkyl halides is 1. The third kappa shape index (κ3) is 3.28. The van der Waals surface area contributed by atoms with E-state index in [-0.39, 0.29) is 5.75 Å². The van der Waals surface area contributed by atoms with Crippen LogP contribution in [0, 0.1) is 11.8 Å². The third-order valence-corrected chi connectivity index (χ3v) is 1.87. The van der Waals surface area contributed by atoms with Crippen molar-refractivity contribution in [3.05, 3.63) is 54.1 Å². The van der Waals surface area contributed by atoms with Crippen LogP contribution in [-0.4, -0.2) is 16.8 Å². The summed E-state index contributed by atoms with van der Waals surface area (Å²) in [6, 6.07) is 6.75. The molecule has 0 N–H and O–H groups in total. The van der Waals surface area contributed by atoms with Crippen LogP contribution in [0.25, 0.3) is 0 Å². The second-order valence-electron chi connectivity index (χ2n) is 3.05. The minimum atomic E-state index is -3.24. The fourth-order valence-corrected chi connectivity index (χ4v) is 1.16. The maximum Gasteiger partial charge on any atom is 0.228 e. The van der Waals surface area contributed by atoms with Gasteiger partial charge in [0.1, 0.15) is 14.2 Å². The fraction of sp³-hybridized carbons (Fsp3) is 0.0769. The molecule has 0 aromatic carbocycles. The molecule has 0 spiro atoms. The van der Waals surface area contributed by atoms with Gasteiger partial charge in [0.05, 0.1) is 6.20 Å². The molecule has 0 saturated heterocycles. The van der Waals surface area contributed by atoms with Crippen molar-refractivity contribution in [2.45, 2.75) is 0 Å². The molecule has 3 nitrogen and oxygen atoms in total. The molecular formula is C13H9FN2O. The molecule has 0 amide bonds. The van der Waals surface area contributed by atoms with Crippen LogP contribution in [0.3, 0.4) is 0 Å². The predicted octanol–water partition coefficient (Wildman–Crippen LogP) is 2.18. The Balaban J connectivity index is 2.18. The van der Waals surface area contributed by atoms with E-state index in [0.29, 0.717) is 11.3 Å². The van der Waals surface area contributed by atoms with Gasteiger partial charge in [-0.15, -0.1) is 0 Å². The smallest absolute Gasteiger partial charge is 0.228 e. The number of aromatic nitrogens is 2. The standard InChI is InChI=1S/C13H9FN2O/c14-10-17-13-7-11(8-15-9-13)4-5-12-3-1-2-6-16-12/h1-3,6-9H,10H2/i10D2,14-1. The second kappa shape index (κ2) is 5.61. The molecule has 2 heterocycles. The molecule has 2 rings (SSSR count). The van der Waals surface area contributed by atoms with Crippen LogP contribution < -0.4 is 4.74 Å². The highest BCUT2D eigenvalue weighted by Crippen LogP contribution is 2.10. The highest BCUT2D eigenvalue weighted by molar-refractivity contribution is 5.41. The summed E-state index contributed by atoms with van der Waals surface area (Å²) in [6.07, 6.45) is 4.30. The van der Waals surface area contributed by atoms with E-state index in [0.717, 1.165) is 0 Å². The summed E-state index contributed by atoms with van der Waals surface area (Å²) in [6.45, 7) is -3.24. The fourth-order valence-electron chi connectivity index (χ4n) is 1.16. The molecule has 2 aromatic heterocycles. The van der Waals surface area contributed by atoms with Crippen LogP contribution in [0.4, 0.5) is 4.39 Å². The molecule has 0 saturated carbocycles. The Morgan fingerprint density at radius 2 is 2.29 bits per heavy atom. The second-order valence-corrected chi connectivity index (χ2v) is 3.05. The normalized spacial score (nSPS) is 11.8. The van der Waals surface area contributed by atoms with Crippen molar-refractivity contribution in [2.24, 2.45) is 0 Å². The van der Waals surface area contributed by atoms with Crippen molar-refractivity contribution in [2.75, 3.05) is 6.81 Å². The summed E-state index contributed by atoms with van der Waals surface area (Å²) < 4.78 is 30.5. The third-order valence-electron chi connectivity index (χ3n) is 1.87. The maximum absolute atomic E-state index is 12.7. The summed E-state index contributed by atoms with van der Waals surface area (Å²) in [5.41, 5.74) is 1.07. The largest absolute Gasteiger partial charge is 0.461 e. The summed E-state index contributed by atoms with van der Waals surface area (Å²) in [5, 5.41) is 0. The summed E-state index contributed by atoms with van der Waals surface area (Å²) in [5.74, 6) is 5.57. The van der Waals surface area contributed by atoms with Crippen LogP contribution in [0.2, 0.25) is 0 Å². The minimum absolute atomic E-state index is 0.0275. The Kier molecular flexibility index (Phi) is 2.88. The van der Waals surface area contributed by atoms with Crippen molar-refractivity contribution in [1.29, 1.82) is 0 Å². The molecule has 0 aliphatic carbocycles. The first kappa shape index (κ1) is 8.71. The lowest BCUT2D eigenvalue weighted by Gasteiger charge is -1.99. The van der Waals surface area contributed by atoms with Crippen molar-refractivity contribution in [1.82, 2.24) is 9.97 Å². The van der Waals surface area contributed by atoms with Crippen LogP contribution in [0.15, 0.2) is 42.9 Å². The van der Waals surface area contributed by atoms with Gasteiger partial charge < -0.3 is 4.74 Å². The van der Waals surface area contributed by atoms with E-state index in [2.05, 4.69) is 26.5 Å². The quantitative estimate of drug-likeness (QED) is 0.740. The molecule has 4 heteroatoms. The van der Waals surface area contributed by atoms with Crippen molar-refractivity contribution in [3.63, 3.8) is 0 Å². The van der Waals surface area contributed by atoms with E-state index in [4.69, 9.17) is 2.74 Å². The lowest BCUT2D eigenvalue weighted by atomic mass is 10.2. The van der Waals surface area contributed by atoms with E-state index in [1.54, 1.807) is 18.3 Å². The average molecular weight is 229 g/mol. The van der Waals surface area contributed by atoms with E-state index in [9.17, 15) is 4.39 Å². The van der Waals surface area contributed by atoms with E-state index in [1.807, 2.05) is 6.07 Å². The molecule has 0 unspecified atom stereocenters. The maximum atomic E-state index is 12.7. The van der Waals surface area contributed by atoms with E-state index < -0.39 is 6.81 Å². The van der Waals surface area contributed by atoms with Crippen LogP contribution in [0.5, 0.6) is 5.75 Å². The zero-order valence-corrected chi connectivity index (χ0v) is 8.72. The highest BCUT2D eigenvalue weighted by atomic mass is 18.2. The Bertz CT molecular complexity index is 618. The number of ether oxygens (including phenoxy) is 1. The average Bonchev–Trinajstić information content (AvgIpc) is 2.36. The topological polar surface area (TPSA) is 35.0 Å². The molecule has 0 aliphatic heterocycles. The van der Waals surface area contributed by atoms with Crippen LogP contribution in [-0.2, 0) is 0 Å². The SMILES string of the molecule is [2H]C([2H])([18F])Oc1cncc(C#Cc2ccccn2)c1. The Hall–Kier alpha value is -2.41. The Morgan fingerprint density at radius 1 is 1.35 bits per heavy atom. The van der Waals surface area contributed by atoms with Crippen molar-refractivity contribution in [3.8, 4) is 17.6 Å². The number of hydrogen-bond donors (Lipinski definition) is 0. The van der Waals surface area contributed by atoms with Gasteiger partial charge in [-0.2, -0.15) is 0 Å². The Labute approximate surface area is 101 Å². The lowest BCUT2D eigenvalue weighted by molar-refractivity contribution is 0.191. The van der Waals surface area contributed by atoms with Crippen molar-refractivity contribution < 1.29 is 11.9 Å². The van der Waals surface area contributed by atoms with Gasteiger partial charge in [0.2, 0.25) is 6.81 Å². The summed E-state index contributed by atoms with van der Waals surface area (Å²) in [4.78, 5) is 7.83. The first-order chi connectivity index (χ1) is 9.03. The van der Waals surface area contributed by atoms with Crippen LogP contribution >= 0.6 is 0 Å². The zero-order valence-electron chi connectivity index (χ0n) is 10.7. The van der Waals surface area contributed by atoms with Gasteiger partial charge in [-0.1, -0.05) is 12.0 Å². The van der Waals surface area contributed by atoms with Gasteiger partial charge in [-0.3, -0.25) is 4.98 Å². The van der Waals surface area contributed by atoms with Gasteiger partial charge in [-0.05, 0) is 24.1 Å². The Morgan fingerprint density at radius 3 is 3.06 bits per heavy atom. The molecule has 0 aliphatic rings. The molecule has 0 bridgehead atoms. The van der Waals surface area contributed by atoms with Crippen LogP contribution in [0.1, 0.15) is 14.0 Å². The number of hydrogen-bond acceptors (Lipinski definition) is 3. The number of halogens is 1. The zero-order chi connectivity index (χ0) is 13.7. The van der Waals surface area contributed by atoms with Gasteiger partial charge in [0, 0.05) is 18.0 Å². The summed E-state index contributed by atoms with van der Waals surface area (Å²) in [7, 11) is 0. The van der Waals surface area contributed by atoms with Gasteiger partial charge in [0.15, 0.2) is 0 Å². The number of nitrogens with zero attached hydrogens (tertiary/aromatic N) is 2. The minimum Gasteiger partial charge on any atom is -0.461 e. The van der Waals surface area contributed by atoms with Gasteiger partial charge in [-0.25, -0.2) is 9.37 Å². The molecule has 84 valence electrons. The number of rotatable bonds is 2.